The molecule has 2 aromatic carbocycles. The lowest BCUT2D eigenvalue weighted by Crippen LogP contribution is -2.24. The van der Waals surface area contributed by atoms with Crippen LogP contribution in [0.1, 0.15) is 5.56 Å². The van der Waals surface area contributed by atoms with Crippen LogP contribution in [-0.2, 0) is 11.3 Å². The van der Waals surface area contributed by atoms with Crippen LogP contribution in [0.2, 0.25) is 5.02 Å². The van der Waals surface area contributed by atoms with E-state index in [9.17, 15) is 14.0 Å². The number of fused-ring (bicyclic) bond motifs is 1. The van der Waals surface area contributed by atoms with E-state index in [1.54, 1.807) is 35.7 Å². The van der Waals surface area contributed by atoms with Gasteiger partial charge in [-0.3, -0.25) is 14.2 Å². The minimum absolute atomic E-state index is 0.0156. The smallest absolute Gasteiger partial charge is 0.272 e. The van der Waals surface area contributed by atoms with Gasteiger partial charge >= 0.3 is 0 Å². The van der Waals surface area contributed by atoms with Crippen LogP contribution in [0, 0.1) is 5.82 Å². The monoisotopic (exact) mass is 519 g/mol. The van der Waals surface area contributed by atoms with Crippen LogP contribution in [0.15, 0.2) is 57.8 Å². The molecule has 0 radical (unpaired) electrons. The van der Waals surface area contributed by atoms with Crippen molar-refractivity contribution in [3.8, 4) is 11.5 Å². The van der Waals surface area contributed by atoms with E-state index in [1.165, 1.54) is 42.3 Å². The number of anilines is 1. The van der Waals surface area contributed by atoms with Gasteiger partial charge in [0.25, 0.3) is 5.56 Å². The van der Waals surface area contributed by atoms with Crippen LogP contribution in [0.5, 0.6) is 11.5 Å². The lowest BCUT2D eigenvalue weighted by atomic mass is 10.2. The van der Waals surface area contributed by atoms with E-state index in [0.29, 0.717) is 37.6 Å². The predicted octanol–water partition coefficient (Wildman–Crippen LogP) is 5.05. The number of rotatable bonds is 8. The molecule has 2 aromatic heterocycles. The van der Waals surface area contributed by atoms with E-state index in [2.05, 4.69) is 10.3 Å². The number of aromatic nitrogens is 2. The fraction of sp³-hybridized carbons (Fsp3) is 0.174. The molecule has 0 saturated carbocycles. The molecule has 1 amide bonds. The topological polar surface area (TPSA) is 82.5 Å². The van der Waals surface area contributed by atoms with Crippen molar-refractivity contribution in [2.75, 3.05) is 25.3 Å². The average molecular weight is 520 g/mol. The molecule has 0 unspecified atom stereocenters. The van der Waals surface area contributed by atoms with Gasteiger partial charge < -0.3 is 14.8 Å². The predicted molar refractivity (Wildman–Crippen MR) is 133 cm³/mol. The Morgan fingerprint density at radius 3 is 2.62 bits per heavy atom. The highest BCUT2D eigenvalue weighted by molar-refractivity contribution is 7.99. The summed E-state index contributed by atoms with van der Waals surface area (Å²) < 4.78 is 25.8. The second kappa shape index (κ2) is 10.5. The highest BCUT2D eigenvalue weighted by Crippen LogP contribution is 2.36. The van der Waals surface area contributed by atoms with E-state index in [-0.39, 0.29) is 29.6 Å². The van der Waals surface area contributed by atoms with E-state index in [0.717, 1.165) is 17.3 Å². The van der Waals surface area contributed by atoms with E-state index < -0.39 is 0 Å². The molecule has 0 aliphatic rings. The summed E-state index contributed by atoms with van der Waals surface area (Å²) in [5.74, 6) is 0.105. The Labute approximate surface area is 207 Å². The van der Waals surface area contributed by atoms with Crippen LogP contribution in [0.4, 0.5) is 10.1 Å². The van der Waals surface area contributed by atoms with Crippen LogP contribution >= 0.6 is 34.7 Å². The number of amides is 1. The van der Waals surface area contributed by atoms with Crippen molar-refractivity contribution in [1.82, 2.24) is 9.55 Å². The summed E-state index contributed by atoms with van der Waals surface area (Å²) in [4.78, 5) is 30.4. The van der Waals surface area contributed by atoms with Crippen molar-refractivity contribution in [2.24, 2.45) is 0 Å². The second-order valence-electron chi connectivity index (χ2n) is 7.07. The van der Waals surface area contributed by atoms with Gasteiger partial charge in [0.15, 0.2) is 5.16 Å². The van der Waals surface area contributed by atoms with Gasteiger partial charge in [-0.15, -0.1) is 11.3 Å². The van der Waals surface area contributed by atoms with E-state index in [4.69, 9.17) is 21.1 Å². The molecule has 2 heterocycles. The molecule has 0 atom stereocenters. The van der Waals surface area contributed by atoms with Crippen molar-refractivity contribution in [1.29, 1.82) is 0 Å². The molecule has 0 saturated heterocycles. The maximum Gasteiger partial charge on any atom is 0.272 e. The number of thiophene rings is 1. The third-order valence-electron chi connectivity index (χ3n) is 4.87. The molecule has 34 heavy (non-hydrogen) atoms. The third-order valence-corrected chi connectivity index (χ3v) is 7.03. The number of carbonyl (C=O) groups is 1. The number of halogens is 2. The van der Waals surface area contributed by atoms with Crippen molar-refractivity contribution in [2.45, 2.75) is 11.7 Å². The number of methoxy groups -OCH3 is 2. The van der Waals surface area contributed by atoms with Crippen molar-refractivity contribution >= 4 is 56.5 Å². The first-order valence-corrected chi connectivity index (χ1v) is 12.2. The normalized spacial score (nSPS) is 10.9. The summed E-state index contributed by atoms with van der Waals surface area (Å²) in [6.07, 6.45) is 0. The minimum atomic E-state index is -0.358. The highest BCUT2D eigenvalue weighted by Gasteiger charge is 2.17. The van der Waals surface area contributed by atoms with Crippen LogP contribution in [0.25, 0.3) is 10.2 Å². The number of thioether (sulfide) groups is 1. The quantitative estimate of drug-likeness (QED) is 0.259. The molecule has 1 N–H and O–H groups in total. The third kappa shape index (κ3) is 5.19. The summed E-state index contributed by atoms with van der Waals surface area (Å²) in [6.45, 7) is 0.200. The fourth-order valence-corrected chi connectivity index (χ4v) is 5.04. The van der Waals surface area contributed by atoms with Gasteiger partial charge in [-0.05, 0) is 35.2 Å². The molecule has 0 bridgehead atoms. The summed E-state index contributed by atoms with van der Waals surface area (Å²) in [5, 5.41) is 5.27. The van der Waals surface area contributed by atoms with Crippen LogP contribution < -0.4 is 20.3 Å². The van der Waals surface area contributed by atoms with E-state index >= 15 is 0 Å². The zero-order valence-electron chi connectivity index (χ0n) is 18.1. The average Bonchev–Trinajstić information content (AvgIpc) is 3.30. The summed E-state index contributed by atoms with van der Waals surface area (Å²) in [7, 11) is 2.96. The van der Waals surface area contributed by atoms with Gasteiger partial charge in [-0.1, -0.05) is 35.5 Å². The Kier molecular flexibility index (Phi) is 7.40. The first kappa shape index (κ1) is 24.1. The molecular weight excluding hydrogens is 501 g/mol. The standard InChI is InChI=1S/C23H19ClFN3O4S2/c1-31-18-10-19(32-2)17(9-15(18)24)26-20(29)12-34-23-27-16-7-8-33-21(16)22(30)28(23)11-13-3-5-14(25)6-4-13/h3-10H,11-12H2,1-2H3,(H,26,29). The maximum atomic E-state index is 13.3. The molecule has 0 fully saturated rings. The number of ether oxygens (including phenoxy) is 2. The van der Waals surface area contributed by atoms with Crippen molar-refractivity contribution < 1.29 is 18.7 Å². The number of hydrogen-bond acceptors (Lipinski definition) is 7. The molecule has 176 valence electrons. The number of nitrogens with zero attached hydrogens (tertiary/aromatic N) is 2. The fourth-order valence-electron chi connectivity index (χ4n) is 3.22. The first-order chi connectivity index (χ1) is 16.4. The van der Waals surface area contributed by atoms with Gasteiger partial charge in [-0.25, -0.2) is 9.37 Å². The maximum absolute atomic E-state index is 13.3. The molecule has 4 rings (SSSR count). The summed E-state index contributed by atoms with van der Waals surface area (Å²) in [6, 6.07) is 10.8. The lowest BCUT2D eigenvalue weighted by Gasteiger charge is -2.14. The van der Waals surface area contributed by atoms with Gasteiger partial charge in [0.05, 0.1) is 42.7 Å². The number of nitrogens with one attached hydrogen (secondary N) is 1. The van der Waals surface area contributed by atoms with Gasteiger partial charge in [0.1, 0.15) is 22.0 Å². The Hall–Kier alpha value is -3.08. The van der Waals surface area contributed by atoms with Crippen molar-refractivity contribution in [3.63, 3.8) is 0 Å². The number of benzene rings is 2. The Bertz CT molecular complexity index is 1410. The van der Waals surface area contributed by atoms with E-state index in [1.807, 2.05) is 0 Å². The molecule has 0 aliphatic carbocycles. The Balaban J connectivity index is 1.57. The first-order valence-electron chi connectivity index (χ1n) is 9.96. The van der Waals surface area contributed by atoms with Gasteiger partial charge in [0.2, 0.25) is 5.91 Å². The zero-order valence-corrected chi connectivity index (χ0v) is 20.5. The van der Waals surface area contributed by atoms with Crippen molar-refractivity contribution in [3.05, 3.63) is 74.6 Å². The molecule has 0 aliphatic heterocycles. The van der Waals surface area contributed by atoms with Gasteiger partial charge in [-0.2, -0.15) is 0 Å². The van der Waals surface area contributed by atoms with Gasteiger partial charge in [0, 0.05) is 6.07 Å². The SMILES string of the molecule is COc1cc(OC)c(NC(=O)CSc2nc3ccsc3c(=O)n2Cc2ccc(F)cc2)cc1Cl. The summed E-state index contributed by atoms with van der Waals surface area (Å²) in [5.41, 5.74) is 1.49. The highest BCUT2D eigenvalue weighted by atomic mass is 35.5. The number of hydrogen-bond donors (Lipinski definition) is 1. The Morgan fingerprint density at radius 2 is 1.91 bits per heavy atom. The van der Waals surface area contributed by atoms with Crippen LogP contribution in [0.3, 0.4) is 0 Å². The number of carbonyl (C=O) groups excluding carboxylic acids is 1. The summed E-state index contributed by atoms with van der Waals surface area (Å²) >= 11 is 8.61. The Morgan fingerprint density at radius 1 is 1.18 bits per heavy atom. The molecular formula is C23H19ClFN3O4S2. The largest absolute Gasteiger partial charge is 0.495 e. The second-order valence-corrected chi connectivity index (χ2v) is 9.34. The molecule has 4 aromatic rings. The molecule has 7 nitrogen and oxygen atoms in total. The molecule has 0 spiro atoms. The van der Waals surface area contributed by atoms with Crippen LogP contribution in [-0.4, -0.2) is 35.4 Å². The minimum Gasteiger partial charge on any atom is -0.495 e. The lowest BCUT2D eigenvalue weighted by molar-refractivity contribution is -0.113. The zero-order chi connectivity index (χ0) is 24.2. The molecule has 11 heteroatoms.